The summed E-state index contributed by atoms with van der Waals surface area (Å²) in [5.74, 6) is 0. The van der Waals surface area contributed by atoms with Crippen LogP contribution in [0.5, 0.6) is 0 Å². The minimum Gasteiger partial charge on any atom is -0.378 e. The van der Waals surface area contributed by atoms with Crippen molar-refractivity contribution in [3.05, 3.63) is 0 Å². The second-order valence-corrected chi connectivity index (χ2v) is 2.90. The summed E-state index contributed by atoms with van der Waals surface area (Å²) in [4.78, 5) is 0. The Bertz CT molecular complexity index is 76.9. The zero-order chi connectivity index (χ0) is 8.53. The van der Waals surface area contributed by atoms with Gasteiger partial charge in [0.05, 0.1) is 19.3 Å². The number of rotatable bonds is 3. The second-order valence-electron chi connectivity index (χ2n) is 2.90. The molecule has 1 N–H and O–H groups in total. The van der Waals surface area contributed by atoms with Gasteiger partial charge < -0.3 is 10.1 Å². The van der Waals surface area contributed by atoms with Gasteiger partial charge in [0, 0.05) is 1.43 Å². The average molecular weight is 161 g/mol. The molecule has 0 aromatic heterocycles. The lowest BCUT2D eigenvalue weighted by Gasteiger charge is -2.26. The van der Waals surface area contributed by atoms with Crippen LogP contribution in [0, 0.1) is 0 Å². The highest BCUT2D eigenvalue weighted by molar-refractivity contribution is 4.71. The van der Waals surface area contributed by atoms with Crippen LogP contribution in [0.15, 0.2) is 0 Å². The Balaban J connectivity index is 0. The molecule has 0 aromatic rings. The standard InChI is InChI=1S/C6H13NO.C3H8.H2/c1-2-3-7-6-4-8-5-6;1-3-2;/h6-7H,2-5H2,1H3;3H2,1-2H3;1H. The van der Waals surface area contributed by atoms with Crippen molar-refractivity contribution in [2.45, 2.75) is 39.7 Å². The lowest BCUT2D eigenvalue weighted by atomic mass is 10.2. The molecular weight excluding hydrogens is 138 g/mol. The van der Waals surface area contributed by atoms with E-state index in [1.807, 2.05) is 0 Å². The molecule has 0 aliphatic carbocycles. The van der Waals surface area contributed by atoms with E-state index >= 15 is 0 Å². The number of hydrogen-bond donors (Lipinski definition) is 1. The molecular formula is C9H23NO. The van der Waals surface area contributed by atoms with Crippen LogP contribution in [-0.4, -0.2) is 25.8 Å². The lowest BCUT2D eigenvalue weighted by molar-refractivity contribution is -0.00477. The van der Waals surface area contributed by atoms with Gasteiger partial charge in [0.25, 0.3) is 0 Å². The highest BCUT2D eigenvalue weighted by Gasteiger charge is 2.15. The zero-order valence-electron chi connectivity index (χ0n) is 8.02. The van der Waals surface area contributed by atoms with Gasteiger partial charge in [-0.2, -0.15) is 0 Å². The van der Waals surface area contributed by atoms with Crippen molar-refractivity contribution >= 4 is 0 Å². The monoisotopic (exact) mass is 161 g/mol. The van der Waals surface area contributed by atoms with E-state index in [0.717, 1.165) is 19.8 Å². The fraction of sp³-hybridized carbons (Fsp3) is 1.00. The molecule has 1 aliphatic rings. The van der Waals surface area contributed by atoms with Crippen LogP contribution >= 0.6 is 0 Å². The third kappa shape index (κ3) is 6.32. The Labute approximate surface area is 71.8 Å². The van der Waals surface area contributed by atoms with Gasteiger partial charge in [-0.15, -0.1) is 0 Å². The van der Waals surface area contributed by atoms with Crippen LogP contribution in [0.2, 0.25) is 0 Å². The molecule has 0 saturated carbocycles. The first-order chi connectivity index (χ1) is 5.35. The van der Waals surface area contributed by atoms with Gasteiger partial charge in [-0.3, -0.25) is 0 Å². The molecule has 11 heavy (non-hydrogen) atoms. The van der Waals surface area contributed by atoms with Crippen LogP contribution in [-0.2, 0) is 4.74 Å². The molecule has 1 heterocycles. The van der Waals surface area contributed by atoms with Crippen molar-refractivity contribution in [3.63, 3.8) is 0 Å². The van der Waals surface area contributed by atoms with Gasteiger partial charge in [0.1, 0.15) is 0 Å². The van der Waals surface area contributed by atoms with Gasteiger partial charge in [0.15, 0.2) is 0 Å². The fourth-order valence-electron chi connectivity index (χ4n) is 0.702. The Morgan fingerprint density at radius 2 is 1.91 bits per heavy atom. The maximum atomic E-state index is 4.97. The van der Waals surface area contributed by atoms with Crippen LogP contribution in [0.4, 0.5) is 0 Å². The largest absolute Gasteiger partial charge is 0.378 e. The Kier molecular flexibility index (Phi) is 7.96. The topological polar surface area (TPSA) is 21.3 Å². The Hall–Kier alpha value is -0.0800. The molecule has 0 aromatic carbocycles. The van der Waals surface area contributed by atoms with E-state index in [-0.39, 0.29) is 1.43 Å². The second kappa shape index (κ2) is 8.02. The minimum absolute atomic E-state index is 0. The molecule has 70 valence electrons. The molecule has 1 saturated heterocycles. The van der Waals surface area contributed by atoms with Crippen molar-refractivity contribution in [2.24, 2.45) is 0 Å². The van der Waals surface area contributed by atoms with Crippen LogP contribution in [0.1, 0.15) is 35.0 Å². The molecule has 0 radical (unpaired) electrons. The molecule has 0 atom stereocenters. The van der Waals surface area contributed by atoms with Crippen molar-refractivity contribution in [1.29, 1.82) is 0 Å². The molecule has 0 spiro atoms. The number of hydrogen-bond acceptors (Lipinski definition) is 2. The third-order valence-corrected chi connectivity index (χ3v) is 1.32. The van der Waals surface area contributed by atoms with E-state index in [9.17, 15) is 0 Å². The summed E-state index contributed by atoms with van der Waals surface area (Å²) in [5, 5.41) is 3.34. The summed E-state index contributed by atoms with van der Waals surface area (Å²) < 4.78 is 4.97. The summed E-state index contributed by atoms with van der Waals surface area (Å²) in [7, 11) is 0. The predicted molar refractivity (Wildman–Crippen MR) is 51.0 cm³/mol. The van der Waals surface area contributed by atoms with Gasteiger partial charge >= 0.3 is 0 Å². The highest BCUT2D eigenvalue weighted by atomic mass is 16.5. The normalized spacial score (nSPS) is 16.6. The maximum Gasteiger partial charge on any atom is 0.0643 e. The molecule has 1 aliphatic heterocycles. The third-order valence-electron chi connectivity index (χ3n) is 1.32. The summed E-state index contributed by atoms with van der Waals surface area (Å²) in [5.41, 5.74) is 0. The van der Waals surface area contributed by atoms with E-state index in [4.69, 9.17) is 4.74 Å². The molecule has 1 fully saturated rings. The summed E-state index contributed by atoms with van der Waals surface area (Å²) in [6.45, 7) is 9.39. The first-order valence-electron chi connectivity index (χ1n) is 4.66. The van der Waals surface area contributed by atoms with Gasteiger partial charge in [-0.05, 0) is 13.0 Å². The Morgan fingerprint density at radius 1 is 1.36 bits per heavy atom. The molecule has 0 unspecified atom stereocenters. The lowest BCUT2D eigenvalue weighted by Crippen LogP contribution is -2.46. The first-order valence-corrected chi connectivity index (χ1v) is 4.66. The van der Waals surface area contributed by atoms with Crippen molar-refractivity contribution in [3.8, 4) is 0 Å². The maximum absolute atomic E-state index is 4.97. The van der Waals surface area contributed by atoms with Crippen LogP contribution in [0.3, 0.4) is 0 Å². The van der Waals surface area contributed by atoms with E-state index < -0.39 is 0 Å². The molecule has 0 amide bonds. The average Bonchev–Trinajstić information content (AvgIpc) is 1.87. The summed E-state index contributed by atoms with van der Waals surface area (Å²) in [6, 6.07) is 0.662. The van der Waals surface area contributed by atoms with Crippen molar-refractivity contribution in [2.75, 3.05) is 19.8 Å². The molecule has 2 nitrogen and oxygen atoms in total. The van der Waals surface area contributed by atoms with E-state index in [1.54, 1.807) is 0 Å². The molecule has 2 heteroatoms. The van der Waals surface area contributed by atoms with E-state index in [1.165, 1.54) is 12.8 Å². The van der Waals surface area contributed by atoms with Gasteiger partial charge in [-0.25, -0.2) is 0 Å². The van der Waals surface area contributed by atoms with Crippen molar-refractivity contribution < 1.29 is 6.16 Å². The Morgan fingerprint density at radius 3 is 2.18 bits per heavy atom. The SMILES string of the molecule is CCC.CCCNC1COC1.[HH]. The predicted octanol–water partition coefficient (Wildman–Crippen LogP) is 2.05. The quantitative estimate of drug-likeness (QED) is 0.684. The highest BCUT2D eigenvalue weighted by Crippen LogP contribution is 1.98. The number of nitrogens with one attached hydrogen (secondary N) is 1. The molecule has 0 bridgehead atoms. The smallest absolute Gasteiger partial charge is 0.0643 e. The zero-order valence-corrected chi connectivity index (χ0v) is 8.02. The summed E-state index contributed by atoms with van der Waals surface area (Å²) in [6.07, 6.45) is 2.47. The van der Waals surface area contributed by atoms with Crippen molar-refractivity contribution in [1.82, 2.24) is 5.32 Å². The minimum atomic E-state index is 0. The van der Waals surface area contributed by atoms with E-state index in [0.29, 0.717) is 6.04 Å². The van der Waals surface area contributed by atoms with Crippen LogP contribution < -0.4 is 5.32 Å². The summed E-state index contributed by atoms with van der Waals surface area (Å²) >= 11 is 0. The first kappa shape index (κ1) is 10.9. The van der Waals surface area contributed by atoms with E-state index in [2.05, 4.69) is 26.1 Å². The molecule has 1 rings (SSSR count). The van der Waals surface area contributed by atoms with Gasteiger partial charge in [0.2, 0.25) is 0 Å². The van der Waals surface area contributed by atoms with Crippen LogP contribution in [0.25, 0.3) is 0 Å². The number of ether oxygens (including phenoxy) is 1. The van der Waals surface area contributed by atoms with Gasteiger partial charge in [-0.1, -0.05) is 27.2 Å². The fourth-order valence-corrected chi connectivity index (χ4v) is 0.702.